The lowest BCUT2D eigenvalue weighted by molar-refractivity contribution is 0.0921. The summed E-state index contributed by atoms with van der Waals surface area (Å²) in [6, 6.07) is 20.2. The SMILES string of the molecule is O=C(NCc1ccccc1Br)c1ccc(CS(=O)c2ccccc2)o1. The van der Waals surface area contributed by atoms with Crippen molar-refractivity contribution in [3.05, 3.63) is 88.3 Å². The quantitative estimate of drug-likeness (QED) is 0.650. The fourth-order valence-electron chi connectivity index (χ4n) is 2.27. The minimum atomic E-state index is -1.20. The van der Waals surface area contributed by atoms with Crippen LogP contribution >= 0.6 is 15.9 Å². The molecule has 1 atom stereocenters. The summed E-state index contributed by atoms with van der Waals surface area (Å²) >= 11 is 3.45. The Bertz CT molecular complexity index is 892. The van der Waals surface area contributed by atoms with Crippen LogP contribution in [0.15, 0.2) is 80.5 Å². The Labute approximate surface area is 156 Å². The third-order valence-corrected chi connectivity index (χ3v) is 5.68. The summed E-state index contributed by atoms with van der Waals surface area (Å²) in [7, 11) is -1.20. The molecule has 0 aliphatic rings. The van der Waals surface area contributed by atoms with E-state index >= 15 is 0 Å². The molecule has 0 spiro atoms. The zero-order chi connectivity index (χ0) is 17.6. The van der Waals surface area contributed by atoms with E-state index in [1.54, 1.807) is 12.1 Å². The van der Waals surface area contributed by atoms with E-state index in [4.69, 9.17) is 4.42 Å². The molecular weight excluding hydrogens is 402 g/mol. The lowest BCUT2D eigenvalue weighted by Crippen LogP contribution is -2.22. The molecule has 3 rings (SSSR count). The van der Waals surface area contributed by atoms with Gasteiger partial charge in [-0.15, -0.1) is 0 Å². The molecule has 1 unspecified atom stereocenters. The van der Waals surface area contributed by atoms with Crippen molar-refractivity contribution in [2.24, 2.45) is 0 Å². The van der Waals surface area contributed by atoms with Gasteiger partial charge in [-0.25, -0.2) is 0 Å². The number of nitrogens with one attached hydrogen (secondary N) is 1. The van der Waals surface area contributed by atoms with Crippen molar-refractivity contribution in [3.8, 4) is 0 Å². The number of furan rings is 1. The third kappa shape index (κ3) is 4.67. The minimum absolute atomic E-state index is 0.215. The first-order chi connectivity index (χ1) is 12.1. The highest BCUT2D eigenvalue weighted by molar-refractivity contribution is 9.10. The molecule has 0 saturated heterocycles. The Kier molecular flexibility index (Phi) is 5.83. The van der Waals surface area contributed by atoms with Gasteiger partial charge in [0.05, 0.1) is 16.6 Å². The number of hydrogen-bond donors (Lipinski definition) is 1. The largest absolute Gasteiger partial charge is 0.455 e. The minimum Gasteiger partial charge on any atom is -0.455 e. The molecule has 0 radical (unpaired) electrons. The summed E-state index contributed by atoms with van der Waals surface area (Å²) < 4.78 is 18.8. The predicted molar refractivity (Wildman–Crippen MR) is 101 cm³/mol. The summed E-state index contributed by atoms with van der Waals surface area (Å²) in [5.41, 5.74) is 0.979. The first-order valence-corrected chi connectivity index (χ1v) is 9.78. The Morgan fingerprint density at radius 1 is 1.00 bits per heavy atom. The molecule has 1 amide bonds. The summed E-state index contributed by atoms with van der Waals surface area (Å²) in [4.78, 5) is 12.9. The van der Waals surface area contributed by atoms with Gasteiger partial charge in [0.15, 0.2) is 5.76 Å². The molecule has 2 aromatic carbocycles. The lowest BCUT2D eigenvalue weighted by atomic mass is 10.2. The molecule has 1 heterocycles. The Balaban J connectivity index is 1.60. The van der Waals surface area contributed by atoms with Crippen LogP contribution in [0.3, 0.4) is 0 Å². The number of amides is 1. The molecule has 6 heteroatoms. The van der Waals surface area contributed by atoms with E-state index in [9.17, 15) is 9.00 Å². The molecule has 0 aliphatic heterocycles. The predicted octanol–water partition coefficient (Wildman–Crippen LogP) is 4.28. The van der Waals surface area contributed by atoms with Gasteiger partial charge in [0.2, 0.25) is 0 Å². The summed E-state index contributed by atoms with van der Waals surface area (Å²) in [5, 5.41) is 2.82. The van der Waals surface area contributed by atoms with Crippen LogP contribution in [0.25, 0.3) is 0 Å². The van der Waals surface area contributed by atoms with E-state index in [1.807, 2.05) is 54.6 Å². The molecule has 0 bridgehead atoms. The van der Waals surface area contributed by atoms with E-state index < -0.39 is 10.8 Å². The highest BCUT2D eigenvalue weighted by atomic mass is 79.9. The molecule has 1 aromatic heterocycles. The van der Waals surface area contributed by atoms with Crippen LogP contribution in [-0.4, -0.2) is 10.1 Å². The van der Waals surface area contributed by atoms with Crippen LogP contribution in [0, 0.1) is 0 Å². The molecule has 1 N–H and O–H groups in total. The number of carbonyl (C=O) groups is 1. The maximum Gasteiger partial charge on any atom is 0.287 e. The van der Waals surface area contributed by atoms with Crippen molar-refractivity contribution in [2.75, 3.05) is 0 Å². The number of carbonyl (C=O) groups excluding carboxylic acids is 1. The second kappa shape index (κ2) is 8.27. The van der Waals surface area contributed by atoms with Gasteiger partial charge < -0.3 is 9.73 Å². The number of halogens is 1. The van der Waals surface area contributed by atoms with Crippen LogP contribution in [0.5, 0.6) is 0 Å². The zero-order valence-corrected chi connectivity index (χ0v) is 15.7. The topological polar surface area (TPSA) is 59.3 Å². The van der Waals surface area contributed by atoms with Gasteiger partial charge in [-0.2, -0.15) is 0 Å². The van der Waals surface area contributed by atoms with E-state index in [2.05, 4.69) is 21.2 Å². The van der Waals surface area contributed by atoms with Crippen LogP contribution < -0.4 is 5.32 Å². The number of hydrogen-bond acceptors (Lipinski definition) is 3. The number of benzene rings is 2. The third-order valence-electron chi connectivity index (χ3n) is 3.56. The average molecular weight is 418 g/mol. The zero-order valence-electron chi connectivity index (χ0n) is 13.3. The van der Waals surface area contributed by atoms with Crippen molar-refractivity contribution in [1.29, 1.82) is 0 Å². The van der Waals surface area contributed by atoms with E-state index in [-0.39, 0.29) is 17.4 Å². The van der Waals surface area contributed by atoms with Crippen molar-refractivity contribution in [1.82, 2.24) is 5.32 Å². The maximum atomic E-state index is 12.3. The monoisotopic (exact) mass is 417 g/mol. The first kappa shape index (κ1) is 17.6. The summed E-state index contributed by atoms with van der Waals surface area (Å²) in [6.07, 6.45) is 0. The Morgan fingerprint density at radius 2 is 1.72 bits per heavy atom. The van der Waals surface area contributed by atoms with E-state index in [0.717, 1.165) is 14.9 Å². The van der Waals surface area contributed by atoms with Gasteiger partial charge in [0.1, 0.15) is 5.76 Å². The summed E-state index contributed by atoms with van der Waals surface area (Å²) in [6.45, 7) is 0.395. The van der Waals surface area contributed by atoms with Gasteiger partial charge in [0.25, 0.3) is 5.91 Å². The normalized spacial score (nSPS) is 11.9. The van der Waals surface area contributed by atoms with E-state index in [0.29, 0.717) is 12.3 Å². The fourth-order valence-corrected chi connectivity index (χ4v) is 3.73. The fraction of sp³-hybridized carbons (Fsp3) is 0.105. The first-order valence-electron chi connectivity index (χ1n) is 7.67. The standard InChI is InChI=1S/C19H16BrNO3S/c20-17-9-5-4-6-14(17)12-21-19(22)18-11-10-15(24-18)13-25(23)16-7-2-1-3-8-16/h1-11H,12-13H2,(H,21,22). The van der Waals surface area contributed by atoms with Crippen molar-refractivity contribution < 1.29 is 13.4 Å². The van der Waals surface area contributed by atoms with Crippen LogP contribution in [0.4, 0.5) is 0 Å². The van der Waals surface area contributed by atoms with Crippen molar-refractivity contribution in [2.45, 2.75) is 17.2 Å². The lowest BCUT2D eigenvalue weighted by Gasteiger charge is -2.05. The summed E-state index contributed by atoms with van der Waals surface area (Å²) in [5.74, 6) is 0.675. The molecule has 128 valence electrons. The molecule has 25 heavy (non-hydrogen) atoms. The second-order valence-electron chi connectivity index (χ2n) is 5.34. The highest BCUT2D eigenvalue weighted by Gasteiger charge is 2.13. The van der Waals surface area contributed by atoms with Gasteiger partial charge in [0, 0.05) is 15.9 Å². The van der Waals surface area contributed by atoms with Gasteiger partial charge in [-0.1, -0.05) is 52.3 Å². The van der Waals surface area contributed by atoms with Crippen molar-refractivity contribution in [3.63, 3.8) is 0 Å². The molecule has 3 aromatic rings. The van der Waals surface area contributed by atoms with Crippen LogP contribution in [-0.2, 0) is 23.1 Å². The van der Waals surface area contributed by atoms with Gasteiger partial charge >= 0.3 is 0 Å². The molecule has 4 nitrogen and oxygen atoms in total. The Hall–Kier alpha value is -2.18. The van der Waals surface area contributed by atoms with Gasteiger partial charge in [-0.05, 0) is 35.9 Å². The Morgan fingerprint density at radius 3 is 2.48 bits per heavy atom. The highest BCUT2D eigenvalue weighted by Crippen LogP contribution is 2.17. The van der Waals surface area contributed by atoms with Crippen LogP contribution in [0.1, 0.15) is 21.9 Å². The van der Waals surface area contributed by atoms with Crippen molar-refractivity contribution >= 4 is 32.6 Å². The molecule has 0 aliphatic carbocycles. The molecule has 0 saturated carbocycles. The molecule has 0 fully saturated rings. The van der Waals surface area contributed by atoms with E-state index in [1.165, 1.54) is 0 Å². The molecular formula is C19H16BrNO3S. The smallest absolute Gasteiger partial charge is 0.287 e. The second-order valence-corrected chi connectivity index (χ2v) is 7.65. The average Bonchev–Trinajstić information content (AvgIpc) is 3.10. The maximum absolute atomic E-state index is 12.3. The van der Waals surface area contributed by atoms with Crippen LogP contribution in [0.2, 0.25) is 0 Å². The van der Waals surface area contributed by atoms with Gasteiger partial charge in [-0.3, -0.25) is 9.00 Å². The number of rotatable bonds is 6.